The highest BCUT2D eigenvalue weighted by atomic mass is 16.3. The molecule has 0 radical (unpaired) electrons. The number of hydrogen-bond acceptors (Lipinski definition) is 4. The maximum Gasteiger partial charge on any atom is 0.0662 e. The predicted octanol–water partition coefficient (Wildman–Crippen LogP) is 1.88. The number of aliphatic hydroxyl groups excluding tert-OH is 3. The Balaban J connectivity index is -0.0000000827. The monoisotopic (exact) mass is 264 g/mol. The minimum absolute atomic E-state index is 0.125. The maximum absolute atomic E-state index is 9.03. The molecule has 1 atom stereocenters. The van der Waals surface area contributed by atoms with Crippen LogP contribution in [0, 0.1) is 0 Å². The summed E-state index contributed by atoms with van der Waals surface area (Å²) in [6.45, 7) is 15.3. The van der Waals surface area contributed by atoms with Crippen LogP contribution in [0.5, 0.6) is 0 Å². The molecule has 0 aromatic carbocycles. The van der Waals surface area contributed by atoms with Gasteiger partial charge in [-0.15, -0.1) is 13.2 Å². The Kier molecular flexibility index (Phi) is 31.2. The smallest absolute Gasteiger partial charge is 0.0662 e. The van der Waals surface area contributed by atoms with E-state index in [0.29, 0.717) is 6.42 Å². The van der Waals surface area contributed by atoms with Crippen molar-refractivity contribution in [1.29, 1.82) is 0 Å². The van der Waals surface area contributed by atoms with Crippen molar-refractivity contribution in [3.63, 3.8) is 0 Å². The van der Waals surface area contributed by atoms with E-state index < -0.39 is 11.7 Å². The SMILES string of the molecule is C=CC.C=CC.CC(O)CC(C)(C)O.OCCO. The minimum atomic E-state index is -0.728. The van der Waals surface area contributed by atoms with E-state index in [1.165, 1.54) is 0 Å². The number of allylic oxidation sites excluding steroid dienone is 2. The minimum Gasteiger partial charge on any atom is -0.394 e. The van der Waals surface area contributed by atoms with Crippen molar-refractivity contribution < 1.29 is 20.4 Å². The lowest BCUT2D eigenvalue weighted by atomic mass is 10.0. The van der Waals surface area contributed by atoms with Gasteiger partial charge in [-0.25, -0.2) is 0 Å². The summed E-state index contributed by atoms with van der Waals surface area (Å²) in [6.07, 6.45) is 3.53. The second-order valence-electron chi connectivity index (χ2n) is 4.13. The Morgan fingerprint density at radius 3 is 1.28 bits per heavy atom. The Hall–Kier alpha value is -0.680. The molecule has 112 valence electrons. The number of hydrogen-bond donors (Lipinski definition) is 4. The van der Waals surface area contributed by atoms with Gasteiger partial charge >= 0.3 is 0 Å². The van der Waals surface area contributed by atoms with Crippen molar-refractivity contribution in [2.45, 2.75) is 52.7 Å². The Bertz CT molecular complexity index is 140. The lowest BCUT2D eigenvalue weighted by Gasteiger charge is -2.17. The van der Waals surface area contributed by atoms with Gasteiger partial charge in [0.1, 0.15) is 0 Å². The molecular weight excluding hydrogens is 232 g/mol. The highest BCUT2D eigenvalue weighted by Gasteiger charge is 2.14. The van der Waals surface area contributed by atoms with Crippen LogP contribution >= 0.6 is 0 Å². The third-order valence-corrected chi connectivity index (χ3v) is 0.895. The molecule has 0 heterocycles. The van der Waals surface area contributed by atoms with Gasteiger partial charge in [0, 0.05) is 6.42 Å². The van der Waals surface area contributed by atoms with E-state index in [0.717, 1.165) is 0 Å². The molecule has 4 nitrogen and oxygen atoms in total. The average molecular weight is 264 g/mol. The number of rotatable bonds is 3. The predicted molar refractivity (Wildman–Crippen MR) is 78.5 cm³/mol. The van der Waals surface area contributed by atoms with Crippen LogP contribution in [-0.2, 0) is 0 Å². The molecular formula is C14H32O4. The molecule has 1 unspecified atom stereocenters. The summed E-state index contributed by atoms with van der Waals surface area (Å²) in [5.41, 5.74) is -0.728. The van der Waals surface area contributed by atoms with Crippen molar-refractivity contribution in [3.8, 4) is 0 Å². The van der Waals surface area contributed by atoms with E-state index in [1.807, 2.05) is 13.8 Å². The van der Waals surface area contributed by atoms with E-state index in [2.05, 4.69) is 13.2 Å². The van der Waals surface area contributed by atoms with Gasteiger partial charge in [0.2, 0.25) is 0 Å². The molecule has 0 aliphatic carbocycles. The molecule has 0 saturated heterocycles. The average Bonchev–Trinajstić information content (AvgIpc) is 2.16. The fourth-order valence-corrected chi connectivity index (χ4v) is 0.723. The van der Waals surface area contributed by atoms with Gasteiger partial charge in [-0.2, -0.15) is 0 Å². The number of aliphatic hydroxyl groups is 4. The first-order valence-electron chi connectivity index (χ1n) is 5.92. The van der Waals surface area contributed by atoms with Crippen LogP contribution in [0.25, 0.3) is 0 Å². The summed E-state index contributed by atoms with van der Waals surface area (Å²) in [7, 11) is 0. The van der Waals surface area contributed by atoms with Gasteiger partial charge in [0.15, 0.2) is 0 Å². The summed E-state index contributed by atoms with van der Waals surface area (Å²) < 4.78 is 0. The van der Waals surface area contributed by atoms with Gasteiger partial charge in [0.25, 0.3) is 0 Å². The molecule has 0 rings (SSSR count). The summed E-state index contributed by atoms with van der Waals surface area (Å²) in [5, 5.41) is 33.0. The fourth-order valence-electron chi connectivity index (χ4n) is 0.723. The van der Waals surface area contributed by atoms with Crippen molar-refractivity contribution in [1.82, 2.24) is 0 Å². The molecule has 0 amide bonds. The summed E-state index contributed by atoms with van der Waals surface area (Å²) in [6, 6.07) is 0. The van der Waals surface area contributed by atoms with Gasteiger partial charge in [0.05, 0.1) is 24.9 Å². The second-order valence-corrected chi connectivity index (χ2v) is 4.13. The van der Waals surface area contributed by atoms with Crippen molar-refractivity contribution in [3.05, 3.63) is 25.3 Å². The third-order valence-electron chi connectivity index (χ3n) is 0.895. The first-order valence-corrected chi connectivity index (χ1v) is 5.92. The van der Waals surface area contributed by atoms with Crippen LogP contribution in [0.1, 0.15) is 41.0 Å². The molecule has 0 spiro atoms. The Morgan fingerprint density at radius 2 is 1.28 bits per heavy atom. The standard InChI is InChI=1S/C6H14O2.2C3H6.C2H6O2/c1-5(7)4-6(2,3)8;2*1-3-2;3-1-2-4/h5,7-8H,4H2,1-3H3;2*3H,1H2,2H3;3-4H,1-2H2. The van der Waals surface area contributed by atoms with Gasteiger partial charge in [-0.05, 0) is 34.6 Å². The quantitative estimate of drug-likeness (QED) is 0.587. The van der Waals surface area contributed by atoms with Gasteiger partial charge in [-0.3, -0.25) is 0 Å². The maximum atomic E-state index is 9.03. The van der Waals surface area contributed by atoms with Crippen LogP contribution in [0.3, 0.4) is 0 Å². The van der Waals surface area contributed by atoms with E-state index in [1.54, 1.807) is 32.9 Å². The lowest BCUT2D eigenvalue weighted by molar-refractivity contribution is 0.0249. The second kappa shape index (κ2) is 21.6. The summed E-state index contributed by atoms with van der Waals surface area (Å²) >= 11 is 0. The first kappa shape index (κ1) is 26.0. The zero-order valence-electron chi connectivity index (χ0n) is 12.6. The fraction of sp³-hybridized carbons (Fsp3) is 0.714. The van der Waals surface area contributed by atoms with E-state index >= 15 is 0 Å². The summed E-state index contributed by atoms with van der Waals surface area (Å²) in [4.78, 5) is 0. The molecule has 0 saturated carbocycles. The summed E-state index contributed by atoms with van der Waals surface area (Å²) in [5.74, 6) is 0. The Labute approximate surface area is 112 Å². The molecule has 18 heavy (non-hydrogen) atoms. The van der Waals surface area contributed by atoms with Crippen LogP contribution in [-0.4, -0.2) is 45.3 Å². The topological polar surface area (TPSA) is 80.9 Å². The highest BCUT2D eigenvalue weighted by molar-refractivity contribution is 4.67. The molecule has 0 fully saturated rings. The van der Waals surface area contributed by atoms with E-state index in [4.69, 9.17) is 20.4 Å². The zero-order valence-corrected chi connectivity index (χ0v) is 12.6. The van der Waals surface area contributed by atoms with E-state index in [9.17, 15) is 0 Å². The third kappa shape index (κ3) is 111. The van der Waals surface area contributed by atoms with Gasteiger partial charge in [-0.1, -0.05) is 12.2 Å². The first-order chi connectivity index (χ1) is 8.16. The highest BCUT2D eigenvalue weighted by Crippen LogP contribution is 2.09. The molecule has 4 N–H and O–H groups in total. The van der Waals surface area contributed by atoms with Crippen LogP contribution in [0.2, 0.25) is 0 Å². The van der Waals surface area contributed by atoms with E-state index in [-0.39, 0.29) is 13.2 Å². The van der Waals surface area contributed by atoms with Gasteiger partial charge < -0.3 is 20.4 Å². The van der Waals surface area contributed by atoms with Crippen molar-refractivity contribution in [2.24, 2.45) is 0 Å². The molecule has 0 aliphatic rings. The normalized spacial score (nSPS) is 10.3. The molecule has 0 aromatic rings. The molecule has 0 aromatic heterocycles. The largest absolute Gasteiger partial charge is 0.394 e. The molecule has 0 aliphatic heterocycles. The van der Waals surface area contributed by atoms with Crippen LogP contribution < -0.4 is 0 Å². The molecule has 4 heteroatoms. The zero-order chi connectivity index (χ0) is 15.6. The molecule has 0 bridgehead atoms. The van der Waals surface area contributed by atoms with Crippen LogP contribution in [0.15, 0.2) is 25.3 Å². The van der Waals surface area contributed by atoms with Crippen molar-refractivity contribution >= 4 is 0 Å². The van der Waals surface area contributed by atoms with Crippen LogP contribution in [0.4, 0.5) is 0 Å². The lowest BCUT2D eigenvalue weighted by Crippen LogP contribution is -2.24. The van der Waals surface area contributed by atoms with Crippen molar-refractivity contribution in [2.75, 3.05) is 13.2 Å². The Morgan fingerprint density at radius 1 is 1.06 bits per heavy atom.